The molecule has 0 heterocycles. The second-order valence-electron chi connectivity index (χ2n) is 4.34. The maximum Gasteiger partial charge on any atom is 0.251 e. The monoisotopic (exact) mass is 324 g/mol. The van der Waals surface area contributed by atoms with E-state index >= 15 is 0 Å². The first-order valence-corrected chi connectivity index (χ1v) is 7.95. The minimum absolute atomic E-state index is 0.0369. The van der Waals surface area contributed by atoms with Crippen molar-refractivity contribution in [3.05, 3.63) is 64.7 Å². The molecule has 0 fully saturated rings. The van der Waals surface area contributed by atoms with Gasteiger partial charge in [-0.05, 0) is 35.9 Å². The Hall–Kier alpha value is -1.89. The average molecular weight is 325 g/mol. The number of nitrogens with two attached hydrogens (primary N) is 1. The molecule has 0 atom stereocenters. The lowest BCUT2D eigenvalue weighted by molar-refractivity contribution is 0.0951. The van der Waals surface area contributed by atoms with Crippen LogP contribution in [0.1, 0.15) is 15.9 Å². The van der Waals surface area contributed by atoms with Crippen molar-refractivity contribution in [2.45, 2.75) is 11.4 Å². The zero-order valence-corrected chi connectivity index (χ0v) is 12.5. The number of primary sulfonamides is 1. The number of nitrogens with one attached hydrogen (secondary N) is 1. The van der Waals surface area contributed by atoms with Crippen molar-refractivity contribution in [1.29, 1.82) is 0 Å². The summed E-state index contributed by atoms with van der Waals surface area (Å²) in [5.41, 5.74) is 1.14. The van der Waals surface area contributed by atoms with Crippen LogP contribution >= 0.6 is 11.6 Å². The standard InChI is InChI=1S/C14H13ClN2O3S/c15-13-4-2-1-3-11(13)9-17-14(18)10-5-7-12(8-6-10)21(16,19)20/h1-8H,9H2,(H,17,18)(H2,16,19,20). The Labute approximate surface area is 127 Å². The van der Waals surface area contributed by atoms with Crippen LogP contribution in [0.2, 0.25) is 5.02 Å². The highest BCUT2D eigenvalue weighted by atomic mass is 35.5. The van der Waals surface area contributed by atoms with Crippen LogP contribution in [0.5, 0.6) is 0 Å². The lowest BCUT2D eigenvalue weighted by Gasteiger charge is -2.07. The van der Waals surface area contributed by atoms with Gasteiger partial charge in [0, 0.05) is 17.1 Å². The fourth-order valence-electron chi connectivity index (χ4n) is 1.72. The predicted octanol–water partition coefficient (Wildman–Crippen LogP) is 1.92. The van der Waals surface area contributed by atoms with E-state index in [1.807, 2.05) is 12.1 Å². The van der Waals surface area contributed by atoms with E-state index in [0.29, 0.717) is 10.6 Å². The molecule has 0 unspecified atom stereocenters. The number of sulfonamides is 1. The maximum absolute atomic E-state index is 12.0. The van der Waals surface area contributed by atoms with Gasteiger partial charge in [0.05, 0.1) is 4.90 Å². The zero-order chi connectivity index (χ0) is 15.5. The molecule has 3 N–H and O–H groups in total. The Morgan fingerprint density at radius 2 is 1.71 bits per heavy atom. The van der Waals surface area contributed by atoms with E-state index in [9.17, 15) is 13.2 Å². The second kappa shape index (κ2) is 6.26. The van der Waals surface area contributed by atoms with Gasteiger partial charge in [-0.1, -0.05) is 29.8 Å². The van der Waals surface area contributed by atoms with Gasteiger partial charge in [0.15, 0.2) is 0 Å². The molecule has 0 saturated carbocycles. The van der Waals surface area contributed by atoms with E-state index in [2.05, 4.69) is 5.32 Å². The smallest absolute Gasteiger partial charge is 0.251 e. The minimum Gasteiger partial charge on any atom is -0.348 e. The number of rotatable bonds is 4. The van der Waals surface area contributed by atoms with E-state index in [4.69, 9.17) is 16.7 Å². The highest BCUT2D eigenvalue weighted by molar-refractivity contribution is 7.89. The van der Waals surface area contributed by atoms with Gasteiger partial charge in [-0.15, -0.1) is 0 Å². The summed E-state index contributed by atoms with van der Waals surface area (Å²) < 4.78 is 22.2. The van der Waals surface area contributed by atoms with Gasteiger partial charge in [0.25, 0.3) is 5.91 Å². The molecule has 0 bridgehead atoms. The number of hydrogen-bond acceptors (Lipinski definition) is 3. The van der Waals surface area contributed by atoms with Crippen LogP contribution in [0.3, 0.4) is 0 Å². The largest absolute Gasteiger partial charge is 0.348 e. The van der Waals surface area contributed by atoms with E-state index in [0.717, 1.165) is 5.56 Å². The molecule has 0 spiro atoms. The normalized spacial score (nSPS) is 11.1. The number of carbonyl (C=O) groups excluding carboxylic acids is 1. The van der Waals surface area contributed by atoms with Gasteiger partial charge < -0.3 is 5.32 Å². The van der Waals surface area contributed by atoms with Gasteiger partial charge in [-0.2, -0.15) is 0 Å². The number of halogens is 1. The highest BCUT2D eigenvalue weighted by Gasteiger charge is 2.10. The van der Waals surface area contributed by atoms with Crippen molar-refractivity contribution >= 4 is 27.5 Å². The number of amides is 1. The summed E-state index contributed by atoms with van der Waals surface area (Å²) >= 11 is 5.99. The van der Waals surface area contributed by atoms with Crippen molar-refractivity contribution in [3.63, 3.8) is 0 Å². The van der Waals surface area contributed by atoms with Crippen molar-refractivity contribution < 1.29 is 13.2 Å². The Morgan fingerprint density at radius 1 is 1.10 bits per heavy atom. The van der Waals surface area contributed by atoms with Crippen molar-refractivity contribution in [3.8, 4) is 0 Å². The summed E-state index contributed by atoms with van der Waals surface area (Å²) in [7, 11) is -3.76. The van der Waals surface area contributed by atoms with Gasteiger partial charge in [-0.25, -0.2) is 13.6 Å². The van der Waals surface area contributed by atoms with Gasteiger partial charge in [0.1, 0.15) is 0 Å². The average Bonchev–Trinajstić information content (AvgIpc) is 2.45. The van der Waals surface area contributed by atoms with Gasteiger partial charge in [-0.3, -0.25) is 4.79 Å². The maximum atomic E-state index is 12.0. The Kier molecular flexibility index (Phi) is 4.62. The molecule has 0 aliphatic rings. The van der Waals surface area contributed by atoms with Crippen LogP contribution in [-0.4, -0.2) is 14.3 Å². The summed E-state index contributed by atoms with van der Waals surface area (Å²) in [6.07, 6.45) is 0. The van der Waals surface area contributed by atoms with E-state index < -0.39 is 10.0 Å². The first-order chi connectivity index (χ1) is 9.88. The molecule has 110 valence electrons. The van der Waals surface area contributed by atoms with E-state index in [1.54, 1.807) is 12.1 Å². The molecule has 0 aliphatic carbocycles. The van der Waals surface area contributed by atoms with Gasteiger partial charge >= 0.3 is 0 Å². The molecule has 0 aliphatic heterocycles. The first kappa shape index (κ1) is 15.5. The van der Waals surface area contributed by atoms with Crippen molar-refractivity contribution in [2.24, 2.45) is 5.14 Å². The third-order valence-electron chi connectivity index (χ3n) is 2.84. The van der Waals surface area contributed by atoms with E-state index in [1.165, 1.54) is 24.3 Å². The number of benzene rings is 2. The molecule has 7 heteroatoms. The number of hydrogen-bond donors (Lipinski definition) is 2. The van der Waals surface area contributed by atoms with Crippen molar-refractivity contribution in [1.82, 2.24) is 5.32 Å². The van der Waals surface area contributed by atoms with Crippen LogP contribution < -0.4 is 10.5 Å². The third kappa shape index (κ3) is 4.04. The molecular weight excluding hydrogens is 312 g/mol. The molecule has 5 nitrogen and oxygen atoms in total. The van der Waals surface area contributed by atoms with Crippen LogP contribution in [0.15, 0.2) is 53.4 Å². The Morgan fingerprint density at radius 3 is 2.29 bits per heavy atom. The summed E-state index contributed by atoms with van der Waals surface area (Å²) in [5.74, 6) is -0.323. The summed E-state index contributed by atoms with van der Waals surface area (Å²) in [6.45, 7) is 0.287. The molecular formula is C14H13ClN2O3S. The molecule has 1 amide bonds. The van der Waals surface area contributed by atoms with Crippen LogP contribution in [0, 0.1) is 0 Å². The summed E-state index contributed by atoms with van der Waals surface area (Å²) in [5, 5.41) is 8.27. The lowest BCUT2D eigenvalue weighted by Crippen LogP contribution is -2.23. The molecule has 0 aromatic heterocycles. The summed E-state index contributed by atoms with van der Waals surface area (Å²) in [4.78, 5) is 11.9. The van der Waals surface area contributed by atoms with Crippen LogP contribution in [-0.2, 0) is 16.6 Å². The minimum atomic E-state index is -3.76. The topological polar surface area (TPSA) is 89.3 Å². The zero-order valence-electron chi connectivity index (χ0n) is 10.9. The van der Waals surface area contributed by atoms with E-state index in [-0.39, 0.29) is 17.3 Å². The fourth-order valence-corrected chi connectivity index (χ4v) is 2.43. The van der Waals surface area contributed by atoms with Gasteiger partial charge in [0.2, 0.25) is 10.0 Å². The number of carbonyl (C=O) groups is 1. The molecule has 21 heavy (non-hydrogen) atoms. The molecule has 0 saturated heterocycles. The van der Waals surface area contributed by atoms with Crippen LogP contribution in [0.25, 0.3) is 0 Å². The molecule has 0 radical (unpaired) electrons. The third-order valence-corrected chi connectivity index (χ3v) is 4.14. The van der Waals surface area contributed by atoms with Crippen LogP contribution in [0.4, 0.5) is 0 Å². The molecule has 2 rings (SSSR count). The molecule has 2 aromatic carbocycles. The fraction of sp³-hybridized carbons (Fsp3) is 0.0714. The first-order valence-electron chi connectivity index (χ1n) is 6.02. The Bertz CT molecular complexity index is 758. The summed E-state index contributed by atoms with van der Waals surface area (Å²) in [6, 6.07) is 12.6. The quantitative estimate of drug-likeness (QED) is 0.900. The second-order valence-corrected chi connectivity index (χ2v) is 6.31. The predicted molar refractivity (Wildman–Crippen MR) is 80.4 cm³/mol. The SMILES string of the molecule is NS(=O)(=O)c1ccc(C(=O)NCc2ccccc2Cl)cc1. The van der Waals surface area contributed by atoms with Crippen molar-refractivity contribution in [2.75, 3.05) is 0 Å². The Balaban J connectivity index is 2.06. The highest BCUT2D eigenvalue weighted by Crippen LogP contribution is 2.15. The molecule has 2 aromatic rings. The lowest BCUT2D eigenvalue weighted by atomic mass is 10.2.